The van der Waals surface area contributed by atoms with Gasteiger partial charge in [-0.1, -0.05) is 15.9 Å². The van der Waals surface area contributed by atoms with E-state index >= 15 is 0 Å². The molecule has 2 nitrogen and oxygen atoms in total. The van der Waals surface area contributed by atoms with Crippen molar-refractivity contribution in [3.8, 4) is 0 Å². The SMILES string of the molecule is O=C(Cc1cc(F)ccc1Br)C1CCCO1. The van der Waals surface area contributed by atoms with Crippen molar-refractivity contribution < 1.29 is 13.9 Å². The van der Waals surface area contributed by atoms with Gasteiger partial charge in [-0.05, 0) is 36.6 Å². The summed E-state index contributed by atoms with van der Waals surface area (Å²) in [6.07, 6.45) is 1.64. The third-order valence-electron chi connectivity index (χ3n) is 2.66. The first kappa shape index (κ1) is 11.7. The molecule has 0 bridgehead atoms. The molecule has 4 heteroatoms. The molecule has 2 rings (SSSR count). The number of ether oxygens (including phenoxy) is 1. The van der Waals surface area contributed by atoms with Gasteiger partial charge >= 0.3 is 0 Å². The zero-order chi connectivity index (χ0) is 11.5. The maximum Gasteiger partial charge on any atom is 0.165 e. The number of hydrogen-bond donors (Lipinski definition) is 0. The third-order valence-corrected chi connectivity index (χ3v) is 3.43. The Morgan fingerprint density at radius 1 is 1.56 bits per heavy atom. The Labute approximate surface area is 102 Å². The highest BCUT2D eigenvalue weighted by Gasteiger charge is 2.23. The number of rotatable bonds is 3. The van der Waals surface area contributed by atoms with Crippen molar-refractivity contribution in [1.29, 1.82) is 0 Å². The van der Waals surface area contributed by atoms with Gasteiger partial charge in [-0.3, -0.25) is 4.79 Å². The predicted molar refractivity (Wildman–Crippen MR) is 61.8 cm³/mol. The fourth-order valence-electron chi connectivity index (χ4n) is 1.81. The summed E-state index contributed by atoms with van der Waals surface area (Å²) in [6, 6.07) is 4.37. The molecule has 1 aliphatic heterocycles. The Bertz CT molecular complexity index is 400. The van der Waals surface area contributed by atoms with Gasteiger partial charge in [0.1, 0.15) is 11.9 Å². The average Bonchev–Trinajstić information content (AvgIpc) is 2.76. The van der Waals surface area contributed by atoms with Crippen LogP contribution in [-0.2, 0) is 16.0 Å². The van der Waals surface area contributed by atoms with Crippen LogP contribution < -0.4 is 0 Å². The number of halogens is 2. The van der Waals surface area contributed by atoms with Crippen molar-refractivity contribution in [2.24, 2.45) is 0 Å². The van der Waals surface area contributed by atoms with Gasteiger partial charge < -0.3 is 4.74 Å². The highest BCUT2D eigenvalue weighted by Crippen LogP contribution is 2.21. The number of carbonyl (C=O) groups is 1. The predicted octanol–water partition coefficient (Wildman–Crippen LogP) is 2.88. The lowest BCUT2D eigenvalue weighted by molar-refractivity contribution is -0.127. The van der Waals surface area contributed by atoms with E-state index in [4.69, 9.17) is 4.74 Å². The van der Waals surface area contributed by atoms with Gasteiger partial charge in [0.25, 0.3) is 0 Å². The summed E-state index contributed by atoms with van der Waals surface area (Å²) in [7, 11) is 0. The van der Waals surface area contributed by atoms with Crippen molar-refractivity contribution in [3.05, 3.63) is 34.1 Å². The normalized spacial score (nSPS) is 20.0. The molecule has 0 aliphatic carbocycles. The maximum atomic E-state index is 13.0. The zero-order valence-corrected chi connectivity index (χ0v) is 10.3. The molecule has 0 spiro atoms. The summed E-state index contributed by atoms with van der Waals surface area (Å²) in [5.74, 6) is -0.290. The van der Waals surface area contributed by atoms with E-state index < -0.39 is 0 Å². The number of Topliss-reactive ketones (excluding diaryl/α,β-unsaturated/α-hetero) is 1. The van der Waals surface area contributed by atoms with Crippen LogP contribution in [0.5, 0.6) is 0 Å². The van der Waals surface area contributed by atoms with Crippen LogP contribution in [0.15, 0.2) is 22.7 Å². The van der Waals surface area contributed by atoms with Crippen LogP contribution in [0.25, 0.3) is 0 Å². The van der Waals surface area contributed by atoms with E-state index in [1.54, 1.807) is 6.07 Å². The van der Waals surface area contributed by atoms with Gasteiger partial charge in [-0.15, -0.1) is 0 Å². The average molecular weight is 287 g/mol. The molecule has 1 aromatic carbocycles. The van der Waals surface area contributed by atoms with E-state index in [1.165, 1.54) is 12.1 Å². The molecule has 0 aromatic heterocycles. The van der Waals surface area contributed by atoms with Gasteiger partial charge in [-0.2, -0.15) is 0 Å². The summed E-state index contributed by atoms with van der Waals surface area (Å²) < 4.78 is 19.1. The van der Waals surface area contributed by atoms with Gasteiger partial charge in [-0.25, -0.2) is 4.39 Å². The molecule has 1 saturated heterocycles. The highest BCUT2D eigenvalue weighted by atomic mass is 79.9. The quantitative estimate of drug-likeness (QED) is 0.854. The van der Waals surface area contributed by atoms with Crippen LogP contribution in [0.4, 0.5) is 4.39 Å². The molecule has 1 aromatic rings. The molecular formula is C12H12BrFO2. The minimum Gasteiger partial charge on any atom is -0.370 e. The molecule has 86 valence electrons. The highest BCUT2D eigenvalue weighted by molar-refractivity contribution is 9.10. The fourth-order valence-corrected chi connectivity index (χ4v) is 2.20. The summed E-state index contributed by atoms with van der Waals surface area (Å²) in [4.78, 5) is 11.8. The van der Waals surface area contributed by atoms with E-state index in [0.29, 0.717) is 12.2 Å². The summed E-state index contributed by atoms with van der Waals surface area (Å²) in [5.41, 5.74) is 0.681. The molecule has 0 radical (unpaired) electrons. The molecular weight excluding hydrogens is 275 g/mol. The van der Waals surface area contributed by atoms with E-state index in [2.05, 4.69) is 15.9 Å². The van der Waals surface area contributed by atoms with Crippen molar-refractivity contribution in [3.63, 3.8) is 0 Å². The van der Waals surface area contributed by atoms with Crippen molar-refractivity contribution in [2.75, 3.05) is 6.61 Å². The smallest absolute Gasteiger partial charge is 0.165 e. The van der Waals surface area contributed by atoms with Crippen LogP contribution in [0.1, 0.15) is 18.4 Å². The minimum absolute atomic E-state index is 0.0313. The Kier molecular flexibility index (Phi) is 3.71. The third kappa shape index (κ3) is 2.68. The molecule has 0 amide bonds. The lowest BCUT2D eigenvalue weighted by Crippen LogP contribution is -2.21. The van der Waals surface area contributed by atoms with Gasteiger partial charge in [0, 0.05) is 17.5 Å². The topological polar surface area (TPSA) is 26.3 Å². The maximum absolute atomic E-state index is 13.0. The first-order valence-electron chi connectivity index (χ1n) is 5.25. The number of ketones is 1. The van der Waals surface area contributed by atoms with Gasteiger partial charge in [0.05, 0.1) is 0 Å². The van der Waals surface area contributed by atoms with E-state index in [-0.39, 0.29) is 24.1 Å². The zero-order valence-electron chi connectivity index (χ0n) is 8.71. The van der Waals surface area contributed by atoms with E-state index in [0.717, 1.165) is 17.3 Å². The lowest BCUT2D eigenvalue weighted by Gasteiger charge is -2.09. The second-order valence-corrected chi connectivity index (χ2v) is 4.73. The fraction of sp³-hybridized carbons (Fsp3) is 0.417. The van der Waals surface area contributed by atoms with Crippen LogP contribution in [0.2, 0.25) is 0 Å². The van der Waals surface area contributed by atoms with E-state index in [9.17, 15) is 9.18 Å². The Hall–Kier alpha value is -0.740. The number of hydrogen-bond acceptors (Lipinski definition) is 2. The summed E-state index contributed by atoms with van der Waals surface area (Å²) in [5, 5.41) is 0. The first-order valence-corrected chi connectivity index (χ1v) is 6.04. The van der Waals surface area contributed by atoms with Crippen LogP contribution in [-0.4, -0.2) is 18.5 Å². The Morgan fingerprint density at radius 2 is 2.38 bits per heavy atom. The summed E-state index contributed by atoms with van der Waals surface area (Å²) in [6.45, 7) is 0.653. The monoisotopic (exact) mass is 286 g/mol. The molecule has 0 N–H and O–H groups in total. The largest absolute Gasteiger partial charge is 0.370 e. The van der Waals surface area contributed by atoms with Crippen LogP contribution in [0, 0.1) is 5.82 Å². The second kappa shape index (κ2) is 5.06. The van der Waals surface area contributed by atoms with E-state index in [1.807, 2.05) is 0 Å². The van der Waals surface area contributed by atoms with Crippen molar-refractivity contribution in [1.82, 2.24) is 0 Å². The Balaban J connectivity index is 2.07. The lowest BCUT2D eigenvalue weighted by atomic mass is 10.0. The van der Waals surface area contributed by atoms with Crippen molar-refractivity contribution >= 4 is 21.7 Å². The first-order chi connectivity index (χ1) is 7.66. The minimum atomic E-state index is -0.321. The standard InChI is InChI=1S/C12H12BrFO2/c13-10-4-3-9(14)6-8(10)7-11(15)12-2-1-5-16-12/h3-4,6,12H,1-2,5,7H2. The molecule has 1 heterocycles. The molecule has 1 unspecified atom stereocenters. The van der Waals surface area contributed by atoms with Gasteiger partial charge in [0.2, 0.25) is 0 Å². The second-order valence-electron chi connectivity index (χ2n) is 3.88. The molecule has 1 aliphatic rings. The van der Waals surface area contributed by atoms with Crippen LogP contribution in [0.3, 0.4) is 0 Å². The summed E-state index contributed by atoms with van der Waals surface area (Å²) >= 11 is 3.31. The number of benzene rings is 1. The molecule has 1 fully saturated rings. The molecule has 0 saturated carbocycles. The molecule has 1 atom stereocenters. The van der Waals surface area contributed by atoms with Crippen LogP contribution >= 0.6 is 15.9 Å². The van der Waals surface area contributed by atoms with Gasteiger partial charge in [0.15, 0.2) is 5.78 Å². The Morgan fingerprint density at radius 3 is 3.06 bits per heavy atom. The number of carbonyl (C=O) groups excluding carboxylic acids is 1. The van der Waals surface area contributed by atoms with Crippen molar-refractivity contribution in [2.45, 2.75) is 25.4 Å². The molecule has 16 heavy (non-hydrogen) atoms.